The topological polar surface area (TPSA) is 137 Å². The van der Waals surface area contributed by atoms with Gasteiger partial charge in [0.1, 0.15) is 17.1 Å². The van der Waals surface area contributed by atoms with Crippen LogP contribution in [0.2, 0.25) is 0 Å². The number of benzene rings is 2. The molecule has 4 N–H and O–H groups in total. The highest BCUT2D eigenvalue weighted by Gasteiger charge is 2.55. The van der Waals surface area contributed by atoms with Gasteiger partial charge in [-0.1, -0.05) is 13.0 Å². The van der Waals surface area contributed by atoms with Crippen molar-refractivity contribution in [2.24, 2.45) is 23.0 Å². The van der Waals surface area contributed by atoms with Crippen LogP contribution in [0.25, 0.3) is 0 Å². The van der Waals surface area contributed by atoms with Gasteiger partial charge in [-0.25, -0.2) is 0 Å². The third kappa shape index (κ3) is 5.84. The number of ether oxygens (including phenoxy) is 2. The van der Waals surface area contributed by atoms with Crippen LogP contribution in [-0.4, -0.2) is 50.1 Å². The standard InChI is InChI=1S/C31H41N2O7P/c1-31-15-13-21-20-8-6-19(40-41(3,4)37)17-18(20)5-7-22(21)23(31)9-12-26(31)39-16-14-27(34)33-24-10-11-25(38-2)28(29(24)35)30(32)36/h6,8,10-11,17,21-23,26,35H,5,7,9,12-16H2,1-4H3,(H2,32,36)(H,33,34)/t21?,22?,23?,26-,31-/m1/s1. The van der Waals surface area contributed by atoms with E-state index in [1.165, 1.54) is 30.4 Å². The van der Waals surface area contributed by atoms with Crippen molar-refractivity contribution in [1.82, 2.24) is 0 Å². The van der Waals surface area contributed by atoms with Crippen LogP contribution in [0.1, 0.15) is 72.9 Å². The number of phenols is 1. The van der Waals surface area contributed by atoms with Crippen LogP contribution in [0.4, 0.5) is 5.69 Å². The molecule has 5 rings (SSSR count). The molecule has 0 saturated heterocycles. The van der Waals surface area contributed by atoms with Crippen molar-refractivity contribution < 1.29 is 33.3 Å². The minimum Gasteiger partial charge on any atom is -0.505 e. The summed E-state index contributed by atoms with van der Waals surface area (Å²) in [4.78, 5) is 24.4. The first-order valence-corrected chi connectivity index (χ1v) is 16.9. The van der Waals surface area contributed by atoms with E-state index in [2.05, 4.69) is 24.4 Å². The van der Waals surface area contributed by atoms with Gasteiger partial charge in [-0.15, -0.1) is 0 Å². The van der Waals surface area contributed by atoms with Crippen molar-refractivity contribution in [3.05, 3.63) is 47.0 Å². The molecule has 10 heteroatoms. The van der Waals surface area contributed by atoms with Crippen molar-refractivity contribution in [3.8, 4) is 17.2 Å². The van der Waals surface area contributed by atoms with Crippen LogP contribution in [0, 0.1) is 17.3 Å². The fraction of sp³-hybridized carbons (Fsp3) is 0.548. The van der Waals surface area contributed by atoms with E-state index in [-0.39, 0.29) is 47.5 Å². The van der Waals surface area contributed by atoms with Gasteiger partial charge in [-0.2, -0.15) is 0 Å². The third-order valence-electron chi connectivity index (χ3n) is 9.46. The summed E-state index contributed by atoms with van der Waals surface area (Å²) in [7, 11) is -1.23. The molecule has 2 aromatic carbocycles. The second kappa shape index (κ2) is 11.3. The van der Waals surface area contributed by atoms with Crippen LogP contribution in [0.3, 0.4) is 0 Å². The summed E-state index contributed by atoms with van der Waals surface area (Å²) < 4.78 is 29.3. The molecule has 0 aliphatic heterocycles. The maximum absolute atomic E-state index is 12.7. The number of amides is 2. The summed E-state index contributed by atoms with van der Waals surface area (Å²) in [5.74, 6) is 0.951. The lowest BCUT2D eigenvalue weighted by atomic mass is 9.55. The molecule has 0 heterocycles. The Morgan fingerprint density at radius 1 is 1.15 bits per heavy atom. The molecule has 5 atom stereocenters. The van der Waals surface area contributed by atoms with Crippen molar-refractivity contribution in [1.29, 1.82) is 0 Å². The fourth-order valence-corrected chi connectivity index (χ4v) is 8.30. The molecular weight excluding hydrogens is 543 g/mol. The minimum atomic E-state index is -2.60. The molecule has 222 valence electrons. The molecule has 41 heavy (non-hydrogen) atoms. The number of anilines is 1. The van der Waals surface area contributed by atoms with E-state index in [1.54, 1.807) is 13.3 Å². The summed E-state index contributed by atoms with van der Waals surface area (Å²) in [6.45, 7) is 5.92. The molecule has 0 radical (unpaired) electrons. The van der Waals surface area contributed by atoms with Gasteiger partial charge in [0.25, 0.3) is 5.91 Å². The van der Waals surface area contributed by atoms with Gasteiger partial charge in [0.05, 0.1) is 31.9 Å². The zero-order chi connectivity index (χ0) is 29.5. The Morgan fingerprint density at radius 2 is 1.93 bits per heavy atom. The normalized spacial score (nSPS) is 26.8. The number of nitrogens with two attached hydrogens (primary N) is 1. The molecule has 0 bridgehead atoms. The van der Waals surface area contributed by atoms with Crippen LogP contribution in [0.5, 0.6) is 17.2 Å². The van der Waals surface area contributed by atoms with Crippen molar-refractivity contribution in [3.63, 3.8) is 0 Å². The highest BCUT2D eigenvalue weighted by molar-refractivity contribution is 7.57. The maximum Gasteiger partial charge on any atom is 0.256 e. The molecule has 3 aliphatic carbocycles. The van der Waals surface area contributed by atoms with Gasteiger partial charge in [0, 0.05) is 13.3 Å². The molecule has 0 aromatic heterocycles. The first kappa shape index (κ1) is 29.5. The predicted octanol–water partition coefficient (Wildman–Crippen LogP) is 5.69. The first-order valence-electron chi connectivity index (χ1n) is 14.4. The fourth-order valence-electron chi connectivity index (χ4n) is 7.68. The van der Waals surface area contributed by atoms with Gasteiger partial charge in [0.15, 0.2) is 5.75 Å². The third-order valence-corrected chi connectivity index (χ3v) is 10.1. The molecule has 2 saturated carbocycles. The molecule has 3 unspecified atom stereocenters. The van der Waals surface area contributed by atoms with Crippen molar-refractivity contribution >= 4 is 24.9 Å². The number of hydrogen-bond donors (Lipinski definition) is 3. The van der Waals surface area contributed by atoms with E-state index < -0.39 is 19.0 Å². The van der Waals surface area contributed by atoms with Crippen LogP contribution in [-0.2, 0) is 20.5 Å². The Bertz CT molecular complexity index is 1390. The molecule has 9 nitrogen and oxygen atoms in total. The van der Waals surface area contributed by atoms with Crippen molar-refractivity contribution in [2.45, 2.75) is 63.9 Å². The van der Waals surface area contributed by atoms with Gasteiger partial charge < -0.3 is 30.2 Å². The smallest absolute Gasteiger partial charge is 0.256 e. The maximum atomic E-state index is 12.7. The average Bonchev–Trinajstić information content (AvgIpc) is 3.24. The quantitative estimate of drug-likeness (QED) is 0.255. The summed E-state index contributed by atoms with van der Waals surface area (Å²) in [6.07, 6.45) is 6.63. The molecular formula is C31H41N2O7P. The van der Waals surface area contributed by atoms with Crippen LogP contribution >= 0.6 is 7.37 Å². The lowest BCUT2D eigenvalue weighted by molar-refractivity contribution is -0.119. The number of primary amides is 1. The number of carbonyl (C=O) groups excluding carboxylic acids is 2. The summed E-state index contributed by atoms with van der Waals surface area (Å²) in [6, 6.07) is 9.20. The Kier molecular flexibility index (Phi) is 8.14. The number of rotatable bonds is 9. The Morgan fingerprint density at radius 3 is 2.63 bits per heavy atom. The average molecular weight is 585 g/mol. The number of fused-ring (bicyclic) bond motifs is 5. The summed E-state index contributed by atoms with van der Waals surface area (Å²) in [5, 5.41) is 13.1. The van der Waals surface area contributed by atoms with E-state index in [9.17, 15) is 19.3 Å². The van der Waals surface area contributed by atoms with E-state index in [0.717, 1.165) is 38.5 Å². The number of aromatic hydroxyl groups is 1. The van der Waals surface area contributed by atoms with Gasteiger partial charge in [0.2, 0.25) is 13.3 Å². The largest absolute Gasteiger partial charge is 0.505 e. The number of hydrogen-bond acceptors (Lipinski definition) is 7. The number of carbonyl (C=O) groups is 2. The van der Waals surface area contributed by atoms with E-state index in [1.807, 2.05) is 6.07 Å². The molecule has 3 aliphatic rings. The second-order valence-corrected chi connectivity index (χ2v) is 15.0. The van der Waals surface area contributed by atoms with Gasteiger partial charge in [-0.3, -0.25) is 14.2 Å². The minimum absolute atomic E-state index is 0.0693. The molecule has 0 spiro atoms. The predicted molar refractivity (Wildman–Crippen MR) is 157 cm³/mol. The van der Waals surface area contributed by atoms with E-state index in [0.29, 0.717) is 23.5 Å². The van der Waals surface area contributed by atoms with Crippen molar-refractivity contribution in [2.75, 3.05) is 32.4 Å². The highest BCUT2D eigenvalue weighted by Crippen LogP contribution is 2.61. The number of aryl methyl sites for hydroxylation is 1. The molecule has 2 amide bonds. The van der Waals surface area contributed by atoms with Crippen LogP contribution < -0.4 is 20.3 Å². The highest BCUT2D eigenvalue weighted by atomic mass is 31.2. The zero-order valence-electron chi connectivity index (χ0n) is 24.3. The lowest BCUT2D eigenvalue weighted by Crippen LogP contribution is -2.44. The Balaban J connectivity index is 1.19. The monoisotopic (exact) mass is 584 g/mol. The summed E-state index contributed by atoms with van der Waals surface area (Å²) >= 11 is 0. The molecule has 2 aromatic rings. The Labute approximate surface area is 241 Å². The van der Waals surface area contributed by atoms with E-state index in [4.69, 9.17) is 19.7 Å². The van der Waals surface area contributed by atoms with Gasteiger partial charge in [-0.05, 0) is 97.1 Å². The Hall–Kier alpha value is -3.03. The van der Waals surface area contributed by atoms with Gasteiger partial charge >= 0.3 is 0 Å². The lowest BCUT2D eigenvalue weighted by Gasteiger charge is -2.50. The first-order chi connectivity index (χ1) is 19.4. The summed E-state index contributed by atoms with van der Waals surface area (Å²) in [5.41, 5.74) is 8.11. The number of methoxy groups -OCH3 is 1. The second-order valence-electron chi connectivity index (χ2n) is 12.3. The SMILES string of the molecule is COc1ccc(NC(=O)CCO[C@@H]2CCC3C4CCc5cc(OP(C)(C)=O)ccc5C4CC[C@]32C)c(O)c1C(N)=O. The van der Waals surface area contributed by atoms with Crippen LogP contribution in [0.15, 0.2) is 30.3 Å². The number of nitrogens with one attached hydrogen (secondary N) is 1. The zero-order valence-corrected chi connectivity index (χ0v) is 25.2. The molecule has 2 fully saturated rings. The van der Waals surface area contributed by atoms with E-state index >= 15 is 0 Å².